The lowest BCUT2D eigenvalue weighted by Gasteiger charge is -2.24. The van der Waals surface area contributed by atoms with Crippen LogP contribution in [-0.4, -0.2) is 19.5 Å². The molecule has 0 radical (unpaired) electrons. The van der Waals surface area contributed by atoms with E-state index < -0.39 is 0 Å². The normalized spacial score (nSPS) is 13.4. The molecule has 2 unspecified atom stereocenters. The molecule has 0 fully saturated rings. The van der Waals surface area contributed by atoms with Gasteiger partial charge in [0.05, 0.1) is 18.2 Å². The molecule has 38 heavy (non-hydrogen) atoms. The highest BCUT2D eigenvalue weighted by atomic mass is 16.5. The van der Waals surface area contributed by atoms with Crippen LogP contribution in [0, 0.1) is 31.1 Å². The molecule has 0 N–H and O–H groups in total. The zero-order valence-electron chi connectivity index (χ0n) is 24.7. The molecule has 0 spiro atoms. The van der Waals surface area contributed by atoms with Crippen LogP contribution in [0.25, 0.3) is 5.57 Å². The van der Waals surface area contributed by atoms with Gasteiger partial charge in [0.15, 0.2) is 5.78 Å². The summed E-state index contributed by atoms with van der Waals surface area (Å²) in [5.74, 6) is 0.852. The number of hydrogen-bond donors (Lipinski definition) is 0. The molecule has 204 valence electrons. The molecule has 2 aromatic carbocycles. The number of nitriles is 1. The molecule has 2 atom stereocenters. The van der Waals surface area contributed by atoms with Crippen LogP contribution in [0.3, 0.4) is 0 Å². The number of rotatable bonds is 15. The van der Waals surface area contributed by atoms with Crippen LogP contribution < -0.4 is 0 Å². The second kappa shape index (κ2) is 15.5. The molecule has 0 aliphatic heterocycles. The molecule has 3 heteroatoms. The lowest BCUT2D eigenvalue weighted by Crippen LogP contribution is -2.11. The van der Waals surface area contributed by atoms with Crippen LogP contribution in [0.5, 0.6) is 0 Å². The predicted molar refractivity (Wildman–Crippen MR) is 161 cm³/mol. The van der Waals surface area contributed by atoms with E-state index >= 15 is 0 Å². The van der Waals surface area contributed by atoms with Gasteiger partial charge >= 0.3 is 0 Å². The molecule has 2 aromatic rings. The zero-order valence-corrected chi connectivity index (χ0v) is 24.7. The lowest BCUT2D eigenvalue weighted by atomic mass is 9.81. The number of methoxy groups -OCH3 is 1. The Kier molecular flexibility index (Phi) is 12.7. The first kappa shape index (κ1) is 31.3. The average Bonchev–Trinajstić information content (AvgIpc) is 2.91. The van der Waals surface area contributed by atoms with Gasteiger partial charge in [-0.05, 0) is 104 Å². The van der Waals surface area contributed by atoms with Crippen LogP contribution in [0.15, 0.2) is 54.1 Å². The number of ketones is 1. The van der Waals surface area contributed by atoms with Crippen molar-refractivity contribution in [1.29, 1.82) is 5.26 Å². The second-order valence-corrected chi connectivity index (χ2v) is 10.7. The number of carbonyl (C=O) groups is 1. The van der Waals surface area contributed by atoms with Crippen molar-refractivity contribution in [3.8, 4) is 6.07 Å². The van der Waals surface area contributed by atoms with E-state index in [9.17, 15) is 4.79 Å². The van der Waals surface area contributed by atoms with Crippen molar-refractivity contribution in [2.75, 3.05) is 13.7 Å². The summed E-state index contributed by atoms with van der Waals surface area (Å²) >= 11 is 0. The van der Waals surface area contributed by atoms with Crippen molar-refractivity contribution in [2.45, 2.75) is 92.4 Å². The Morgan fingerprint density at radius 1 is 1.03 bits per heavy atom. The first-order valence-corrected chi connectivity index (χ1v) is 14.2. The Morgan fingerprint density at radius 2 is 1.68 bits per heavy atom. The van der Waals surface area contributed by atoms with Gasteiger partial charge in [0.2, 0.25) is 0 Å². The molecule has 0 aromatic heterocycles. The molecule has 0 aliphatic rings. The van der Waals surface area contributed by atoms with Crippen LogP contribution in [0.2, 0.25) is 0 Å². The summed E-state index contributed by atoms with van der Waals surface area (Å²) in [6, 6.07) is 14.5. The number of hydrogen-bond acceptors (Lipinski definition) is 3. The van der Waals surface area contributed by atoms with E-state index in [1.807, 2.05) is 12.1 Å². The first-order valence-electron chi connectivity index (χ1n) is 14.2. The Bertz CT molecular complexity index is 1160. The SMILES string of the molecule is C=C(COC)C(C)/C(=C(/C)CC)c1cc(C(=O)CCCCC(CCC)c2ccc(C#N)cc2)c(C)cc1C. The number of unbranched alkanes of at least 4 members (excludes halogenated alkanes) is 1. The van der Waals surface area contributed by atoms with Crippen molar-refractivity contribution in [1.82, 2.24) is 0 Å². The fourth-order valence-electron chi connectivity index (χ4n) is 5.45. The zero-order chi connectivity index (χ0) is 28.2. The average molecular weight is 514 g/mol. The van der Waals surface area contributed by atoms with E-state index in [2.05, 4.69) is 78.5 Å². The minimum absolute atomic E-state index is 0.150. The van der Waals surface area contributed by atoms with Gasteiger partial charge in [-0.15, -0.1) is 0 Å². The third-order valence-corrected chi connectivity index (χ3v) is 7.88. The van der Waals surface area contributed by atoms with Crippen LogP contribution in [0.4, 0.5) is 0 Å². The quantitative estimate of drug-likeness (QED) is 0.135. The number of allylic oxidation sites excluding steroid dienone is 2. The van der Waals surface area contributed by atoms with Gasteiger partial charge in [0.1, 0.15) is 0 Å². The van der Waals surface area contributed by atoms with Gasteiger partial charge in [-0.2, -0.15) is 5.26 Å². The molecule has 0 bridgehead atoms. The maximum Gasteiger partial charge on any atom is 0.163 e. The number of ether oxygens (including phenoxy) is 1. The van der Waals surface area contributed by atoms with Gasteiger partial charge in [-0.25, -0.2) is 0 Å². The Morgan fingerprint density at radius 3 is 2.26 bits per heavy atom. The Hall–Kier alpha value is -2.96. The first-order chi connectivity index (χ1) is 18.2. The van der Waals surface area contributed by atoms with E-state index in [-0.39, 0.29) is 11.7 Å². The molecule has 0 saturated heterocycles. The third-order valence-electron chi connectivity index (χ3n) is 7.88. The standard InChI is InChI=1S/C35H47NO2/c1-9-13-30(31-18-16-29(22-36)17-19-31)14-11-12-15-34(37)32-21-33(26(5)20-25(32)4)35(24(3)10-2)28(7)27(6)23-38-8/h16-21,28,30H,6,9-15,23H2,1-5,7-8H3/b35-24+. The highest BCUT2D eigenvalue weighted by Gasteiger charge is 2.21. The minimum atomic E-state index is 0.150. The summed E-state index contributed by atoms with van der Waals surface area (Å²) in [6.45, 7) is 17.8. The molecular formula is C35H47NO2. The van der Waals surface area contributed by atoms with Crippen LogP contribution in [0.1, 0.15) is 117 Å². The van der Waals surface area contributed by atoms with Crippen molar-refractivity contribution in [3.05, 3.63) is 87.5 Å². The number of carbonyl (C=O) groups excluding carboxylic acids is 1. The number of benzene rings is 2. The maximum atomic E-state index is 13.4. The molecule has 0 saturated carbocycles. The summed E-state index contributed by atoms with van der Waals surface area (Å²) in [7, 11) is 1.71. The largest absolute Gasteiger partial charge is 0.380 e. The summed E-state index contributed by atoms with van der Waals surface area (Å²) < 4.78 is 5.37. The highest BCUT2D eigenvalue weighted by molar-refractivity contribution is 5.98. The van der Waals surface area contributed by atoms with Gasteiger partial charge in [-0.1, -0.05) is 64.0 Å². The highest BCUT2D eigenvalue weighted by Crippen LogP contribution is 2.36. The third kappa shape index (κ3) is 8.27. The van der Waals surface area contributed by atoms with Gasteiger partial charge in [0.25, 0.3) is 0 Å². The molecule has 0 aliphatic carbocycles. The van der Waals surface area contributed by atoms with Gasteiger partial charge in [0, 0.05) is 25.0 Å². The van der Waals surface area contributed by atoms with Crippen molar-refractivity contribution < 1.29 is 9.53 Å². The fourth-order valence-corrected chi connectivity index (χ4v) is 5.45. The summed E-state index contributed by atoms with van der Waals surface area (Å²) in [6.07, 6.45) is 6.72. The summed E-state index contributed by atoms with van der Waals surface area (Å²) in [5, 5.41) is 9.09. The van der Waals surface area contributed by atoms with E-state index in [0.29, 0.717) is 24.5 Å². The van der Waals surface area contributed by atoms with E-state index in [1.165, 1.54) is 22.3 Å². The predicted octanol–water partition coefficient (Wildman–Crippen LogP) is 9.52. The smallest absolute Gasteiger partial charge is 0.163 e. The van der Waals surface area contributed by atoms with Gasteiger partial charge in [-0.3, -0.25) is 4.79 Å². The van der Waals surface area contributed by atoms with E-state index in [4.69, 9.17) is 10.00 Å². The molecule has 0 amide bonds. The molecule has 0 heterocycles. The number of Topliss-reactive ketones (excluding diaryl/α,β-unsaturated/α-hetero) is 1. The Balaban J connectivity index is 2.18. The topological polar surface area (TPSA) is 50.1 Å². The maximum absolute atomic E-state index is 13.4. The second-order valence-electron chi connectivity index (χ2n) is 10.7. The van der Waals surface area contributed by atoms with Crippen LogP contribution >= 0.6 is 0 Å². The lowest BCUT2D eigenvalue weighted by molar-refractivity contribution is 0.0978. The molecule has 2 rings (SSSR count). The molecular weight excluding hydrogens is 466 g/mol. The van der Waals surface area contributed by atoms with Gasteiger partial charge < -0.3 is 4.74 Å². The van der Waals surface area contributed by atoms with Crippen molar-refractivity contribution in [3.63, 3.8) is 0 Å². The van der Waals surface area contributed by atoms with Crippen LogP contribution in [-0.2, 0) is 4.74 Å². The number of nitrogens with zero attached hydrogens (tertiary/aromatic N) is 1. The van der Waals surface area contributed by atoms with Crippen molar-refractivity contribution in [2.24, 2.45) is 5.92 Å². The van der Waals surface area contributed by atoms with E-state index in [0.717, 1.165) is 60.8 Å². The van der Waals surface area contributed by atoms with E-state index in [1.54, 1.807) is 7.11 Å². The summed E-state index contributed by atoms with van der Waals surface area (Å²) in [4.78, 5) is 13.4. The number of aryl methyl sites for hydroxylation is 2. The Labute approximate surface area is 231 Å². The molecule has 3 nitrogen and oxygen atoms in total. The minimum Gasteiger partial charge on any atom is -0.380 e. The monoisotopic (exact) mass is 513 g/mol. The van der Waals surface area contributed by atoms with Crippen molar-refractivity contribution >= 4 is 11.4 Å². The summed E-state index contributed by atoms with van der Waals surface area (Å²) in [5.41, 5.74) is 9.89. The fraction of sp³-hybridized carbons (Fsp3) is 0.486.